The molecule has 0 bridgehead atoms. The summed E-state index contributed by atoms with van der Waals surface area (Å²) in [5.41, 5.74) is 3.14. The lowest BCUT2D eigenvalue weighted by molar-refractivity contribution is 0.122. The number of ether oxygens (including phenoxy) is 1. The number of nitrogens with one attached hydrogen (secondary N) is 2. The number of hydrogen-bond acceptors (Lipinski definition) is 4. The Morgan fingerprint density at radius 3 is 2.64 bits per heavy atom. The van der Waals surface area contributed by atoms with Crippen molar-refractivity contribution in [2.24, 2.45) is 0 Å². The molecule has 1 aromatic rings. The van der Waals surface area contributed by atoms with E-state index in [2.05, 4.69) is 46.4 Å². The van der Waals surface area contributed by atoms with E-state index in [9.17, 15) is 4.79 Å². The summed E-state index contributed by atoms with van der Waals surface area (Å²) in [6.07, 6.45) is 1.01. The maximum Gasteiger partial charge on any atom is 0.319 e. The molecule has 0 radical (unpaired) electrons. The summed E-state index contributed by atoms with van der Waals surface area (Å²) in [5.74, 6) is 0. The smallest absolute Gasteiger partial charge is 0.319 e. The number of anilines is 2. The van der Waals surface area contributed by atoms with Crippen LogP contribution >= 0.6 is 0 Å². The maximum atomic E-state index is 12.3. The van der Waals surface area contributed by atoms with Crippen molar-refractivity contribution in [3.05, 3.63) is 23.8 Å². The second-order valence-electron chi connectivity index (χ2n) is 7.27. The molecule has 3 rings (SSSR count). The first-order valence-electron chi connectivity index (χ1n) is 9.28. The molecule has 2 aliphatic heterocycles. The second kappa shape index (κ2) is 8.06. The van der Waals surface area contributed by atoms with Gasteiger partial charge in [0.2, 0.25) is 0 Å². The van der Waals surface area contributed by atoms with Crippen LogP contribution in [0.1, 0.15) is 25.8 Å². The van der Waals surface area contributed by atoms with Crippen LogP contribution in [-0.2, 0) is 4.74 Å². The van der Waals surface area contributed by atoms with Gasteiger partial charge < -0.3 is 20.3 Å². The van der Waals surface area contributed by atoms with Crippen molar-refractivity contribution in [1.29, 1.82) is 0 Å². The molecular formula is C19H30N4O2. The van der Waals surface area contributed by atoms with Gasteiger partial charge in [-0.2, -0.15) is 0 Å². The standard InChI is InChI=1S/C19H30N4O2/c1-14(2)23-7-6-16(13-23)20-19(24)21-18-5-4-17(12-15(18)3)22-8-10-25-11-9-22/h4-5,12,14,16H,6-11,13H2,1-3H3,(H2,20,21,24)/t16-/m1/s1. The topological polar surface area (TPSA) is 56.8 Å². The molecule has 0 aliphatic carbocycles. The minimum absolute atomic E-state index is 0.113. The van der Waals surface area contributed by atoms with Gasteiger partial charge in [0.05, 0.1) is 13.2 Å². The molecular weight excluding hydrogens is 316 g/mol. The summed E-state index contributed by atoms with van der Waals surface area (Å²) in [7, 11) is 0. The molecule has 2 fully saturated rings. The first kappa shape index (κ1) is 18.0. The highest BCUT2D eigenvalue weighted by Gasteiger charge is 2.25. The van der Waals surface area contributed by atoms with Crippen LogP contribution in [0, 0.1) is 6.92 Å². The summed E-state index contributed by atoms with van der Waals surface area (Å²) < 4.78 is 5.40. The Labute approximate surface area is 150 Å². The highest BCUT2D eigenvalue weighted by atomic mass is 16.5. The van der Waals surface area contributed by atoms with Gasteiger partial charge in [0.15, 0.2) is 0 Å². The van der Waals surface area contributed by atoms with Gasteiger partial charge in [0.1, 0.15) is 0 Å². The van der Waals surface area contributed by atoms with Crippen LogP contribution in [0.2, 0.25) is 0 Å². The number of hydrogen-bond donors (Lipinski definition) is 2. The van der Waals surface area contributed by atoms with E-state index in [1.54, 1.807) is 0 Å². The summed E-state index contributed by atoms with van der Waals surface area (Å²) in [6.45, 7) is 11.8. The van der Waals surface area contributed by atoms with E-state index in [4.69, 9.17) is 4.74 Å². The third-order valence-electron chi connectivity index (χ3n) is 5.12. The molecule has 2 aliphatic rings. The van der Waals surface area contributed by atoms with Gasteiger partial charge >= 0.3 is 6.03 Å². The predicted molar refractivity (Wildman–Crippen MR) is 101 cm³/mol. The first-order valence-corrected chi connectivity index (χ1v) is 9.28. The molecule has 0 saturated carbocycles. The van der Waals surface area contributed by atoms with Crippen molar-refractivity contribution >= 4 is 17.4 Å². The maximum absolute atomic E-state index is 12.3. The van der Waals surface area contributed by atoms with Crippen molar-refractivity contribution in [3.8, 4) is 0 Å². The lowest BCUT2D eigenvalue weighted by Gasteiger charge is -2.29. The number of morpholine rings is 1. The molecule has 6 heteroatoms. The fourth-order valence-corrected chi connectivity index (χ4v) is 3.52. The molecule has 2 heterocycles. The molecule has 1 aromatic carbocycles. The lowest BCUT2D eigenvalue weighted by atomic mass is 10.1. The molecule has 138 valence electrons. The molecule has 25 heavy (non-hydrogen) atoms. The minimum atomic E-state index is -0.113. The highest BCUT2D eigenvalue weighted by Crippen LogP contribution is 2.23. The molecule has 0 aromatic heterocycles. The average molecular weight is 346 g/mol. The molecule has 0 spiro atoms. The Kier molecular flexibility index (Phi) is 5.81. The van der Waals surface area contributed by atoms with Crippen molar-refractivity contribution < 1.29 is 9.53 Å². The van der Waals surface area contributed by atoms with Crippen molar-refractivity contribution in [3.63, 3.8) is 0 Å². The normalized spacial score (nSPS) is 21.6. The average Bonchev–Trinajstić information content (AvgIpc) is 3.06. The molecule has 2 saturated heterocycles. The zero-order valence-electron chi connectivity index (χ0n) is 15.5. The summed E-state index contributed by atoms with van der Waals surface area (Å²) in [6, 6.07) is 6.86. The number of nitrogens with zero attached hydrogens (tertiary/aromatic N) is 2. The molecule has 2 N–H and O–H groups in total. The van der Waals surface area contributed by atoms with E-state index in [0.717, 1.165) is 57.1 Å². The van der Waals surface area contributed by atoms with Crippen LogP contribution in [0.25, 0.3) is 0 Å². The van der Waals surface area contributed by atoms with Crippen LogP contribution in [-0.4, -0.2) is 62.4 Å². The number of benzene rings is 1. The number of carbonyl (C=O) groups is 1. The Morgan fingerprint density at radius 1 is 1.24 bits per heavy atom. The highest BCUT2D eigenvalue weighted by molar-refractivity contribution is 5.90. The van der Waals surface area contributed by atoms with Crippen LogP contribution in [0.15, 0.2) is 18.2 Å². The zero-order chi connectivity index (χ0) is 17.8. The van der Waals surface area contributed by atoms with Gasteiger partial charge in [-0.15, -0.1) is 0 Å². The van der Waals surface area contributed by atoms with Crippen molar-refractivity contribution in [2.45, 2.75) is 39.3 Å². The fraction of sp³-hybridized carbons (Fsp3) is 0.632. The van der Waals surface area contributed by atoms with Gasteiger partial charge in [-0.1, -0.05) is 0 Å². The molecule has 0 unspecified atom stereocenters. The Balaban J connectivity index is 1.54. The van der Waals surface area contributed by atoms with Crippen LogP contribution in [0.4, 0.5) is 16.2 Å². The Morgan fingerprint density at radius 2 is 2.00 bits per heavy atom. The van der Waals surface area contributed by atoms with Gasteiger partial charge in [0, 0.05) is 49.6 Å². The fourth-order valence-electron chi connectivity index (χ4n) is 3.52. The van der Waals surface area contributed by atoms with Crippen LogP contribution in [0.3, 0.4) is 0 Å². The second-order valence-corrected chi connectivity index (χ2v) is 7.27. The number of rotatable bonds is 4. The summed E-state index contributed by atoms with van der Waals surface area (Å²) in [5, 5.41) is 6.10. The number of amides is 2. The van der Waals surface area contributed by atoms with Gasteiger partial charge in [0.25, 0.3) is 0 Å². The number of carbonyl (C=O) groups excluding carboxylic acids is 1. The predicted octanol–water partition coefficient (Wildman–Crippen LogP) is 2.44. The minimum Gasteiger partial charge on any atom is -0.378 e. The van der Waals surface area contributed by atoms with Gasteiger partial charge in [-0.25, -0.2) is 4.79 Å². The molecule has 6 nitrogen and oxygen atoms in total. The Hall–Kier alpha value is -1.79. The molecule has 2 amide bonds. The van der Waals surface area contributed by atoms with Gasteiger partial charge in [-0.05, 0) is 51.0 Å². The van der Waals surface area contributed by atoms with E-state index in [0.29, 0.717) is 6.04 Å². The Bertz CT molecular complexity index is 599. The summed E-state index contributed by atoms with van der Waals surface area (Å²) in [4.78, 5) is 17.0. The van der Waals surface area contributed by atoms with E-state index < -0.39 is 0 Å². The van der Waals surface area contributed by atoms with Crippen LogP contribution < -0.4 is 15.5 Å². The van der Waals surface area contributed by atoms with E-state index in [1.165, 1.54) is 5.69 Å². The van der Waals surface area contributed by atoms with E-state index in [1.807, 2.05) is 13.0 Å². The third-order valence-corrected chi connectivity index (χ3v) is 5.12. The lowest BCUT2D eigenvalue weighted by Crippen LogP contribution is -2.40. The third kappa shape index (κ3) is 4.64. The quantitative estimate of drug-likeness (QED) is 0.879. The SMILES string of the molecule is Cc1cc(N2CCOCC2)ccc1NC(=O)N[C@@H]1CCN(C(C)C)C1. The first-order chi connectivity index (χ1) is 12.0. The van der Waals surface area contributed by atoms with Gasteiger partial charge in [-0.3, -0.25) is 4.90 Å². The number of urea groups is 1. The van der Waals surface area contributed by atoms with Crippen molar-refractivity contribution in [1.82, 2.24) is 10.2 Å². The van der Waals surface area contributed by atoms with Crippen LogP contribution in [0.5, 0.6) is 0 Å². The largest absolute Gasteiger partial charge is 0.378 e. The monoisotopic (exact) mass is 346 g/mol. The summed E-state index contributed by atoms with van der Waals surface area (Å²) >= 11 is 0. The number of aryl methyl sites for hydroxylation is 1. The van der Waals surface area contributed by atoms with E-state index in [-0.39, 0.29) is 12.1 Å². The zero-order valence-corrected chi connectivity index (χ0v) is 15.5. The molecule has 1 atom stereocenters. The van der Waals surface area contributed by atoms with Crippen molar-refractivity contribution in [2.75, 3.05) is 49.6 Å². The number of likely N-dealkylation sites (tertiary alicyclic amines) is 1. The van der Waals surface area contributed by atoms with E-state index >= 15 is 0 Å².